The maximum absolute atomic E-state index is 3.49. The monoisotopic (exact) mass is 270 g/mol. The van der Waals surface area contributed by atoms with Crippen LogP contribution in [0.1, 0.15) is 12.5 Å². The molecule has 0 amide bonds. The minimum absolute atomic E-state index is 1.00. The molecule has 0 saturated heterocycles. The summed E-state index contributed by atoms with van der Waals surface area (Å²) in [6.45, 7) is 6.32. The highest BCUT2D eigenvalue weighted by Gasteiger charge is 1.99. The smallest absolute Gasteiger partial charge is 0.0231 e. The van der Waals surface area contributed by atoms with Crippen LogP contribution in [-0.4, -0.2) is 31.6 Å². The van der Waals surface area contributed by atoms with E-state index in [1.54, 1.807) is 0 Å². The minimum atomic E-state index is 1.00. The highest BCUT2D eigenvalue weighted by atomic mass is 79.9. The van der Waals surface area contributed by atoms with Crippen LogP contribution in [0.2, 0.25) is 0 Å². The summed E-state index contributed by atoms with van der Waals surface area (Å²) in [5.74, 6) is 0. The van der Waals surface area contributed by atoms with Gasteiger partial charge in [0.05, 0.1) is 0 Å². The highest BCUT2D eigenvalue weighted by Crippen LogP contribution is 2.12. The molecule has 1 rings (SSSR count). The van der Waals surface area contributed by atoms with Crippen molar-refractivity contribution in [2.75, 3.05) is 26.7 Å². The summed E-state index contributed by atoms with van der Waals surface area (Å²) in [7, 11) is 2.15. The first kappa shape index (κ1) is 12.7. The van der Waals surface area contributed by atoms with Crippen molar-refractivity contribution in [1.82, 2.24) is 10.2 Å². The van der Waals surface area contributed by atoms with Gasteiger partial charge in [0.15, 0.2) is 0 Å². The molecule has 2 nitrogen and oxygen atoms in total. The Morgan fingerprint density at radius 1 is 1.40 bits per heavy atom. The fraction of sp³-hybridized carbons (Fsp3) is 0.500. The summed E-state index contributed by atoms with van der Waals surface area (Å²) in [4.78, 5) is 2.32. The van der Waals surface area contributed by atoms with Crippen molar-refractivity contribution < 1.29 is 0 Å². The first-order chi connectivity index (χ1) is 7.22. The number of likely N-dealkylation sites (N-methyl/N-ethyl adjacent to an activating group) is 2. The van der Waals surface area contributed by atoms with E-state index < -0.39 is 0 Å². The average molecular weight is 271 g/mol. The van der Waals surface area contributed by atoms with Crippen LogP contribution in [0, 0.1) is 0 Å². The van der Waals surface area contributed by atoms with Gasteiger partial charge in [0.1, 0.15) is 0 Å². The Hall–Kier alpha value is -0.380. The van der Waals surface area contributed by atoms with Gasteiger partial charge in [-0.3, -0.25) is 0 Å². The Bertz CT molecular complexity index is 289. The molecule has 0 atom stereocenters. The zero-order chi connectivity index (χ0) is 11.1. The molecule has 0 bridgehead atoms. The summed E-state index contributed by atoms with van der Waals surface area (Å²) in [6.07, 6.45) is 0. The van der Waals surface area contributed by atoms with Crippen LogP contribution in [0.3, 0.4) is 0 Å². The normalized spacial score (nSPS) is 10.9. The van der Waals surface area contributed by atoms with Crippen molar-refractivity contribution >= 4 is 15.9 Å². The Morgan fingerprint density at radius 2 is 2.20 bits per heavy atom. The Morgan fingerprint density at radius 3 is 2.87 bits per heavy atom. The van der Waals surface area contributed by atoms with Crippen molar-refractivity contribution in [3.8, 4) is 0 Å². The van der Waals surface area contributed by atoms with E-state index >= 15 is 0 Å². The van der Waals surface area contributed by atoms with Crippen molar-refractivity contribution in [2.24, 2.45) is 0 Å². The molecule has 15 heavy (non-hydrogen) atoms. The third kappa shape index (κ3) is 5.30. The first-order valence-corrected chi connectivity index (χ1v) is 6.15. The quantitative estimate of drug-likeness (QED) is 0.800. The molecule has 1 aromatic rings. The molecule has 0 unspecified atom stereocenters. The predicted molar refractivity (Wildman–Crippen MR) is 69.0 cm³/mol. The summed E-state index contributed by atoms with van der Waals surface area (Å²) in [5.41, 5.74) is 1.35. The second-order valence-corrected chi connectivity index (χ2v) is 4.64. The molecule has 3 heteroatoms. The Kier molecular flexibility index (Phi) is 5.91. The fourth-order valence-electron chi connectivity index (χ4n) is 1.47. The van der Waals surface area contributed by atoms with Gasteiger partial charge in [-0.05, 0) is 31.3 Å². The zero-order valence-electron chi connectivity index (χ0n) is 9.46. The predicted octanol–water partition coefficient (Wildman–Crippen LogP) is 2.49. The molecule has 1 aromatic carbocycles. The van der Waals surface area contributed by atoms with Crippen LogP contribution < -0.4 is 5.32 Å². The van der Waals surface area contributed by atoms with Crippen LogP contribution in [0.15, 0.2) is 28.7 Å². The second kappa shape index (κ2) is 6.99. The van der Waals surface area contributed by atoms with Gasteiger partial charge in [-0.15, -0.1) is 0 Å². The maximum atomic E-state index is 3.49. The van der Waals surface area contributed by atoms with E-state index in [4.69, 9.17) is 0 Å². The lowest BCUT2D eigenvalue weighted by atomic mass is 10.2. The van der Waals surface area contributed by atoms with Gasteiger partial charge in [-0.2, -0.15) is 0 Å². The van der Waals surface area contributed by atoms with Crippen LogP contribution in [0.5, 0.6) is 0 Å². The molecule has 0 fully saturated rings. The van der Waals surface area contributed by atoms with Crippen LogP contribution in [-0.2, 0) is 6.54 Å². The summed E-state index contributed by atoms with van der Waals surface area (Å²) < 4.78 is 1.15. The van der Waals surface area contributed by atoms with E-state index in [1.807, 2.05) is 0 Å². The van der Waals surface area contributed by atoms with E-state index in [0.717, 1.165) is 30.7 Å². The van der Waals surface area contributed by atoms with Crippen molar-refractivity contribution in [2.45, 2.75) is 13.5 Å². The fourth-order valence-corrected chi connectivity index (χ4v) is 1.92. The summed E-state index contributed by atoms with van der Waals surface area (Å²) >= 11 is 3.49. The van der Waals surface area contributed by atoms with Gasteiger partial charge < -0.3 is 10.2 Å². The molecule has 1 N–H and O–H groups in total. The van der Waals surface area contributed by atoms with Crippen molar-refractivity contribution in [1.29, 1.82) is 0 Å². The molecule has 0 aromatic heterocycles. The molecular weight excluding hydrogens is 252 g/mol. The molecule has 0 heterocycles. The number of halogens is 1. The standard InChI is InChI=1S/C12H19BrN2/c1-3-14-7-8-15(2)10-11-5-4-6-12(13)9-11/h4-6,9,14H,3,7-8,10H2,1-2H3. The first-order valence-electron chi connectivity index (χ1n) is 5.36. The van der Waals surface area contributed by atoms with E-state index in [9.17, 15) is 0 Å². The topological polar surface area (TPSA) is 15.3 Å². The lowest BCUT2D eigenvalue weighted by Crippen LogP contribution is -2.28. The zero-order valence-corrected chi connectivity index (χ0v) is 11.0. The van der Waals surface area contributed by atoms with Gasteiger partial charge in [0.25, 0.3) is 0 Å². The van der Waals surface area contributed by atoms with E-state index in [2.05, 4.69) is 64.4 Å². The van der Waals surface area contributed by atoms with Gasteiger partial charge in [0, 0.05) is 24.1 Å². The third-order valence-corrected chi connectivity index (χ3v) is 2.76. The number of hydrogen-bond acceptors (Lipinski definition) is 2. The number of benzene rings is 1. The molecule has 84 valence electrons. The van der Waals surface area contributed by atoms with Gasteiger partial charge >= 0.3 is 0 Å². The molecule has 0 radical (unpaired) electrons. The van der Waals surface area contributed by atoms with Crippen molar-refractivity contribution in [3.63, 3.8) is 0 Å². The summed E-state index contributed by atoms with van der Waals surface area (Å²) in [6, 6.07) is 8.47. The maximum Gasteiger partial charge on any atom is 0.0231 e. The molecule has 0 saturated carbocycles. The highest BCUT2D eigenvalue weighted by molar-refractivity contribution is 9.10. The summed E-state index contributed by atoms with van der Waals surface area (Å²) in [5, 5.41) is 3.33. The SMILES string of the molecule is CCNCCN(C)Cc1cccc(Br)c1. The van der Waals surface area contributed by atoms with Crippen LogP contribution in [0.4, 0.5) is 0 Å². The van der Waals surface area contributed by atoms with E-state index in [1.165, 1.54) is 5.56 Å². The molecule has 0 spiro atoms. The van der Waals surface area contributed by atoms with E-state index in [-0.39, 0.29) is 0 Å². The van der Waals surface area contributed by atoms with Gasteiger partial charge in [-0.25, -0.2) is 0 Å². The molecule has 0 aliphatic carbocycles. The Labute approximate surface area is 101 Å². The third-order valence-electron chi connectivity index (χ3n) is 2.26. The van der Waals surface area contributed by atoms with Crippen LogP contribution in [0.25, 0.3) is 0 Å². The van der Waals surface area contributed by atoms with Crippen molar-refractivity contribution in [3.05, 3.63) is 34.3 Å². The average Bonchev–Trinajstić information content (AvgIpc) is 2.18. The van der Waals surface area contributed by atoms with Crippen LogP contribution >= 0.6 is 15.9 Å². The Balaban J connectivity index is 2.34. The number of hydrogen-bond donors (Lipinski definition) is 1. The molecule has 0 aliphatic rings. The van der Waals surface area contributed by atoms with E-state index in [0.29, 0.717) is 0 Å². The number of rotatable bonds is 6. The lowest BCUT2D eigenvalue weighted by molar-refractivity contribution is 0.325. The minimum Gasteiger partial charge on any atom is -0.316 e. The number of nitrogens with one attached hydrogen (secondary N) is 1. The second-order valence-electron chi connectivity index (χ2n) is 3.72. The largest absolute Gasteiger partial charge is 0.316 e. The molecular formula is C12H19BrN2. The molecule has 0 aliphatic heterocycles. The van der Waals surface area contributed by atoms with Gasteiger partial charge in [-0.1, -0.05) is 35.0 Å². The number of nitrogens with zero attached hydrogens (tertiary/aromatic N) is 1. The lowest BCUT2D eigenvalue weighted by Gasteiger charge is -2.16. The van der Waals surface area contributed by atoms with Gasteiger partial charge in [0.2, 0.25) is 0 Å².